The van der Waals surface area contributed by atoms with Crippen LogP contribution in [0, 0.1) is 0 Å². The quantitative estimate of drug-likeness (QED) is 0.770. The Hall–Kier alpha value is -0.860. The van der Waals surface area contributed by atoms with E-state index >= 15 is 0 Å². The fraction of sp³-hybridized carbons (Fsp3) is 0.500. The summed E-state index contributed by atoms with van der Waals surface area (Å²) in [5.74, 6) is 0. The molecule has 2 heteroatoms. The summed E-state index contributed by atoms with van der Waals surface area (Å²) in [7, 11) is 0. The lowest BCUT2D eigenvalue weighted by atomic mass is 10.1. The van der Waals surface area contributed by atoms with Gasteiger partial charge < -0.3 is 10.2 Å². The summed E-state index contributed by atoms with van der Waals surface area (Å²) in [4.78, 5) is 0. The molecule has 2 N–H and O–H groups in total. The third-order valence-corrected chi connectivity index (χ3v) is 1.82. The Bertz CT molecular complexity index is 191. The predicted octanol–water partition coefficient (Wildman–Crippen LogP) is 1.78. The van der Waals surface area contributed by atoms with E-state index in [0.29, 0.717) is 12.8 Å². The molecule has 0 radical (unpaired) electrons. The Morgan fingerprint density at radius 1 is 0.786 bits per heavy atom. The lowest BCUT2D eigenvalue weighted by Gasteiger charge is -2.00. The van der Waals surface area contributed by atoms with Crippen molar-refractivity contribution in [2.75, 3.05) is 13.2 Å². The van der Waals surface area contributed by atoms with Gasteiger partial charge in [-0.2, -0.15) is 0 Å². The zero-order chi connectivity index (χ0) is 10.8. The van der Waals surface area contributed by atoms with Gasteiger partial charge in [-0.05, 0) is 24.0 Å². The molecule has 0 bridgehead atoms. The van der Waals surface area contributed by atoms with Crippen LogP contribution in [-0.2, 0) is 12.8 Å². The standard InChI is InChI=1S/C10H14O2.C2H6/c11-7-5-9-1-2-10(4-3-9)6-8-12;1-2/h1-4,11-12H,5-8H2;1-2H3. The van der Waals surface area contributed by atoms with Crippen molar-refractivity contribution < 1.29 is 10.2 Å². The summed E-state index contributed by atoms with van der Waals surface area (Å²) in [5.41, 5.74) is 2.28. The molecule has 1 aromatic rings. The zero-order valence-electron chi connectivity index (χ0n) is 9.03. The largest absolute Gasteiger partial charge is 0.396 e. The summed E-state index contributed by atoms with van der Waals surface area (Å²) in [6, 6.07) is 7.95. The SMILES string of the molecule is CC.OCCc1ccc(CCO)cc1. The average Bonchev–Trinajstić information content (AvgIpc) is 2.25. The topological polar surface area (TPSA) is 40.5 Å². The molecule has 0 aliphatic carbocycles. The molecule has 1 aromatic carbocycles. The third-order valence-electron chi connectivity index (χ3n) is 1.82. The monoisotopic (exact) mass is 196 g/mol. The van der Waals surface area contributed by atoms with Crippen molar-refractivity contribution in [2.45, 2.75) is 26.7 Å². The van der Waals surface area contributed by atoms with Crippen LogP contribution >= 0.6 is 0 Å². The van der Waals surface area contributed by atoms with Gasteiger partial charge in [0.15, 0.2) is 0 Å². The Morgan fingerprint density at radius 3 is 1.29 bits per heavy atom. The molecule has 0 aromatic heterocycles. The van der Waals surface area contributed by atoms with Crippen LogP contribution in [0.3, 0.4) is 0 Å². The molecule has 2 nitrogen and oxygen atoms in total. The summed E-state index contributed by atoms with van der Waals surface area (Å²) >= 11 is 0. The first kappa shape index (κ1) is 13.1. The number of aliphatic hydroxyl groups is 2. The molecule has 80 valence electrons. The van der Waals surface area contributed by atoms with Crippen LogP contribution in [0.5, 0.6) is 0 Å². The first-order chi connectivity index (χ1) is 6.86. The van der Waals surface area contributed by atoms with Crippen LogP contribution in [-0.4, -0.2) is 23.4 Å². The van der Waals surface area contributed by atoms with E-state index in [4.69, 9.17) is 10.2 Å². The van der Waals surface area contributed by atoms with E-state index in [0.717, 1.165) is 11.1 Å². The molecule has 0 unspecified atom stereocenters. The first-order valence-corrected chi connectivity index (χ1v) is 5.16. The lowest BCUT2D eigenvalue weighted by molar-refractivity contribution is 0.298. The molecule has 0 saturated heterocycles. The molecule has 1 rings (SSSR count). The zero-order valence-corrected chi connectivity index (χ0v) is 9.03. The second kappa shape index (κ2) is 8.73. The van der Waals surface area contributed by atoms with Gasteiger partial charge in [0.1, 0.15) is 0 Å². The van der Waals surface area contributed by atoms with Crippen LogP contribution in [0.1, 0.15) is 25.0 Å². The highest BCUT2D eigenvalue weighted by Gasteiger charge is 1.93. The molecule has 0 spiro atoms. The first-order valence-electron chi connectivity index (χ1n) is 5.16. The van der Waals surface area contributed by atoms with Crippen LogP contribution in [0.4, 0.5) is 0 Å². The summed E-state index contributed by atoms with van der Waals surface area (Å²) in [5, 5.41) is 17.3. The van der Waals surface area contributed by atoms with E-state index in [-0.39, 0.29) is 13.2 Å². The number of hydrogen-bond acceptors (Lipinski definition) is 2. The fourth-order valence-electron chi connectivity index (χ4n) is 1.13. The van der Waals surface area contributed by atoms with E-state index < -0.39 is 0 Å². The van der Waals surface area contributed by atoms with Gasteiger partial charge in [0.25, 0.3) is 0 Å². The molecule has 0 aliphatic rings. The third kappa shape index (κ3) is 5.00. The van der Waals surface area contributed by atoms with Gasteiger partial charge in [0.2, 0.25) is 0 Å². The Kier molecular flexibility index (Phi) is 8.19. The number of benzene rings is 1. The second-order valence-corrected chi connectivity index (χ2v) is 2.76. The Balaban J connectivity index is 0.000000791. The predicted molar refractivity (Wildman–Crippen MR) is 59.4 cm³/mol. The summed E-state index contributed by atoms with van der Waals surface area (Å²) < 4.78 is 0. The molecule has 0 aliphatic heterocycles. The number of aliphatic hydroxyl groups excluding tert-OH is 2. The van der Waals surface area contributed by atoms with Crippen LogP contribution in [0.2, 0.25) is 0 Å². The number of hydrogen-bond donors (Lipinski definition) is 2. The molecule has 0 amide bonds. The van der Waals surface area contributed by atoms with E-state index in [9.17, 15) is 0 Å². The highest BCUT2D eigenvalue weighted by Crippen LogP contribution is 2.05. The molecular formula is C12H20O2. The van der Waals surface area contributed by atoms with Crippen molar-refractivity contribution in [1.82, 2.24) is 0 Å². The van der Waals surface area contributed by atoms with Gasteiger partial charge >= 0.3 is 0 Å². The molecular weight excluding hydrogens is 176 g/mol. The Morgan fingerprint density at radius 2 is 1.07 bits per heavy atom. The van der Waals surface area contributed by atoms with Crippen molar-refractivity contribution >= 4 is 0 Å². The maximum atomic E-state index is 8.65. The minimum Gasteiger partial charge on any atom is -0.396 e. The van der Waals surface area contributed by atoms with E-state index in [1.54, 1.807) is 0 Å². The van der Waals surface area contributed by atoms with Crippen LogP contribution in [0.25, 0.3) is 0 Å². The average molecular weight is 196 g/mol. The van der Waals surface area contributed by atoms with E-state index in [1.165, 1.54) is 0 Å². The maximum Gasteiger partial charge on any atom is 0.0471 e. The van der Waals surface area contributed by atoms with Crippen LogP contribution in [0.15, 0.2) is 24.3 Å². The summed E-state index contributed by atoms with van der Waals surface area (Å²) in [6.07, 6.45) is 1.42. The van der Waals surface area contributed by atoms with Gasteiger partial charge in [0.05, 0.1) is 0 Å². The van der Waals surface area contributed by atoms with E-state index in [1.807, 2.05) is 38.1 Å². The van der Waals surface area contributed by atoms with Gasteiger partial charge in [-0.1, -0.05) is 38.1 Å². The number of rotatable bonds is 4. The highest BCUT2D eigenvalue weighted by molar-refractivity contribution is 5.22. The molecule has 14 heavy (non-hydrogen) atoms. The van der Waals surface area contributed by atoms with Crippen molar-refractivity contribution in [3.8, 4) is 0 Å². The van der Waals surface area contributed by atoms with Crippen molar-refractivity contribution in [1.29, 1.82) is 0 Å². The maximum absolute atomic E-state index is 8.65. The van der Waals surface area contributed by atoms with Crippen molar-refractivity contribution in [2.24, 2.45) is 0 Å². The molecule has 0 heterocycles. The smallest absolute Gasteiger partial charge is 0.0471 e. The second-order valence-electron chi connectivity index (χ2n) is 2.76. The van der Waals surface area contributed by atoms with E-state index in [2.05, 4.69) is 0 Å². The molecule has 0 fully saturated rings. The normalized spacial score (nSPS) is 9.14. The lowest BCUT2D eigenvalue weighted by Crippen LogP contribution is -1.93. The fourth-order valence-corrected chi connectivity index (χ4v) is 1.13. The molecule has 0 atom stereocenters. The highest BCUT2D eigenvalue weighted by atomic mass is 16.3. The van der Waals surface area contributed by atoms with Crippen molar-refractivity contribution in [3.63, 3.8) is 0 Å². The minimum absolute atomic E-state index is 0.194. The van der Waals surface area contributed by atoms with Crippen molar-refractivity contribution in [3.05, 3.63) is 35.4 Å². The van der Waals surface area contributed by atoms with Gasteiger partial charge in [-0.3, -0.25) is 0 Å². The Labute approximate surface area is 86.2 Å². The van der Waals surface area contributed by atoms with Crippen LogP contribution < -0.4 is 0 Å². The van der Waals surface area contributed by atoms with Gasteiger partial charge in [-0.25, -0.2) is 0 Å². The minimum atomic E-state index is 0.194. The molecule has 0 saturated carbocycles. The summed E-state index contributed by atoms with van der Waals surface area (Å²) in [6.45, 7) is 4.39. The van der Waals surface area contributed by atoms with Gasteiger partial charge in [0, 0.05) is 13.2 Å². The van der Waals surface area contributed by atoms with Gasteiger partial charge in [-0.15, -0.1) is 0 Å².